The summed E-state index contributed by atoms with van der Waals surface area (Å²) in [6.45, 7) is 2.24. The molecule has 0 saturated carbocycles. The van der Waals surface area contributed by atoms with E-state index >= 15 is 0 Å². The van der Waals surface area contributed by atoms with Gasteiger partial charge in [-0.15, -0.1) is 0 Å². The Labute approximate surface area is 261 Å². The van der Waals surface area contributed by atoms with E-state index < -0.39 is 10.9 Å². The Morgan fingerprint density at radius 2 is 1.14 bits per heavy atom. The van der Waals surface area contributed by atoms with Crippen LogP contribution in [0.1, 0.15) is 81.5 Å². The average molecular weight is 624 g/mol. The molecule has 1 nitrogen and oxygen atoms in total. The zero-order valence-corrected chi connectivity index (χ0v) is 26.5. The minimum absolute atomic E-state index is 0.148. The van der Waals surface area contributed by atoms with Gasteiger partial charge < -0.3 is 0 Å². The van der Waals surface area contributed by atoms with E-state index in [-0.39, 0.29) is 17.4 Å². The molecular weight excluding hydrogens is 586 g/mol. The molecule has 0 N–H and O–H groups in total. The van der Waals surface area contributed by atoms with Gasteiger partial charge >= 0.3 is 0 Å². The molecule has 0 aromatic heterocycles. The molecule has 0 aliphatic carbocycles. The summed E-state index contributed by atoms with van der Waals surface area (Å²) in [4.78, 5) is 17.6. The van der Waals surface area contributed by atoms with Crippen LogP contribution in [0.2, 0.25) is 5.02 Å². The van der Waals surface area contributed by atoms with E-state index in [1.165, 1.54) is 69.2 Å². The number of halogens is 3. The van der Waals surface area contributed by atoms with Crippen LogP contribution in [-0.2, 0) is 10.9 Å². The minimum atomic E-state index is -0.512. The number of benzene rings is 4. The van der Waals surface area contributed by atoms with Gasteiger partial charge in [0.05, 0.1) is 15.9 Å². The van der Waals surface area contributed by atoms with Crippen LogP contribution in [0.5, 0.6) is 0 Å². The average Bonchev–Trinajstić information content (AvgIpc) is 3.00. The van der Waals surface area contributed by atoms with Gasteiger partial charge in [-0.1, -0.05) is 87.7 Å². The van der Waals surface area contributed by atoms with Crippen LogP contribution in [0, 0.1) is 11.6 Å². The molecule has 0 fully saturated rings. The molecule has 0 aliphatic heterocycles. The number of hydrogen-bond acceptors (Lipinski definition) is 2. The molecule has 0 amide bonds. The van der Waals surface area contributed by atoms with E-state index in [1.54, 1.807) is 42.1 Å². The molecule has 4 aromatic carbocycles. The quantitative estimate of drug-likeness (QED) is 0.0701. The fourth-order valence-electron chi connectivity index (χ4n) is 4.82. The van der Waals surface area contributed by atoms with Crippen LogP contribution in [0.25, 0.3) is 0 Å². The monoisotopic (exact) mass is 623 g/mol. The lowest BCUT2D eigenvalue weighted by atomic mass is 10.0. The van der Waals surface area contributed by atoms with Crippen molar-refractivity contribution >= 4 is 40.0 Å². The number of unbranched alkanes of at least 4 members (excludes halogenated alkanes) is 8. The SMILES string of the molecule is CCCCCCCCCCCC(=O)c1ccc(Sc2ccc([S+](c3ccc(F)cc3)c3ccc(F)cc3)cc2)c(Cl)c1. The first-order valence-electron chi connectivity index (χ1n) is 14.8. The maximum absolute atomic E-state index is 13.6. The van der Waals surface area contributed by atoms with Gasteiger partial charge in [0.1, 0.15) is 11.6 Å². The zero-order chi connectivity index (χ0) is 29.7. The third-order valence-electron chi connectivity index (χ3n) is 7.15. The number of rotatable bonds is 16. The van der Waals surface area contributed by atoms with Crippen LogP contribution in [0.3, 0.4) is 0 Å². The number of Topliss-reactive ketones (excluding diaryl/α,β-unsaturated/α-hetero) is 1. The lowest BCUT2D eigenvalue weighted by molar-refractivity contribution is 0.0979. The first-order valence-corrected chi connectivity index (χ1v) is 17.2. The summed E-state index contributed by atoms with van der Waals surface area (Å²) < 4.78 is 27.3. The van der Waals surface area contributed by atoms with Crippen molar-refractivity contribution in [2.24, 2.45) is 0 Å². The summed E-state index contributed by atoms with van der Waals surface area (Å²) >= 11 is 8.16. The highest BCUT2D eigenvalue weighted by Crippen LogP contribution is 2.37. The molecule has 0 radical (unpaired) electrons. The molecule has 220 valence electrons. The molecule has 0 aliphatic rings. The van der Waals surface area contributed by atoms with Crippen molar-refractivity contribution in [2.45, 2.75) is 95.6 Å². The van der Waals surface area contributed by atoms with Crippen LogP contribution in [0.4, 0.5) is 8.78 Å². The summed E-state index contributed by atoms with van der Waals surface area (Å²) in [6.07, 6.45) is 11.6. The van der Waals surface area contributed by atoms with Crippen molar-refractivity contribution in [3.8, 4) is 0 Å². The van der Waals surface area contributed by atoms with E-state index in [9.17, 15) is 13.6 Å². The van der Waals surface area contributed by atoms with Gasteiger partial charge in [0, 0.05) is 21.8 Å². The largest absolute Gasteiger partial charge is 0.294 e. The van der Waals surface area contributed by atoms with E-state index in [2.05, 4.69) is 19.1 Å². The second-order valence-electron chi connectivity index (χ2n) is 10.4. The molecule has 0 spiro atoms. The Hall–Kier alpha value is -2.60. The van der Waals surface area contributed by atoms with Gasteiger partial charge in [-0.25, -0.2) is 8.78 Å². The predicted octanol–water partition coefficient (Wildman–Crippen LogP) is 12.0. The van der Waals surface area contributed by atoms with Gasteiger partial charge in [0.15, 0.2) is 20.5 Å². The molecule has 0 unspecified atom stereocenters. The predicted molar refractivity (Wildman–Crippen MR) is 173 cm³/mol. The third kappa shape index (κ3) is 9.72. The van der Waals surface area contributed by atoms with Gasteiger partial charge in [-0.3, -0.25) is 4.79 Å². The summed E-state index contributed by atoms with van der Waals surface area (Å²) in [5, 5.41) is 0.569. The standard InChI is InChI=1S/C36H38ClF2OS2/c1-2-3-4-5-6-7-8-9-10-11-35(40)27-12-25-36(34(37)26-27)41-30-17-23-33(24-18-30)42(31-19-13-28(38)14-20-31)32-21-15-29(39)16-22-32/h12-26H,2-11H2,1H3/q+1. The van der Waals surface area contributed by atoms with E-state index in [1.807, 2.05) is 24.3 Å². The number of hydrogen-bond donors (Lipinski definition) is 0. The Balaban J connectivity index is 1.35. The molecular formula is C36H38ClF2OS2+. The number of ketones is 1. The molecule has 0 saturated heterocycles. The highest BCUT2D eigenvalue weighted by atomic mass is 35.5. The van der Waals surface area contributed by atoms with Gasteiger partial charge in [0.25, 0.3) is 0 Å². The molecule has 6 heteroatoms. The summed E-state index contributed by atoms with van der Waals surface area (Å²) in [5.41, 5.74) is 0.668. The molecule has 0 heterocycles. The molecule has 4 aromatic rings. The molecule has 42 heavy (non-hydrogen) atoms. The second kappa shape index (κ2) is 16.9. The van der Waals surface area contributed by atoms with Crippen molar-refractivity contribution < 1.29 is 13.6 Å². The number of carbonyl (C=O) groups excluding carboxylic acids is 1. The van der Waals surface area contributed by atoms with E-state index in [0.29, 0.717) is 17.0 Å². The highest BCUT2D eigenvalue weighted by molar-refractivity contribution is 7.99. The third-order valence-corrected chi connectivity index (χ3v) is 10.9. The lowest BCUT2D eigenvalue weighted by Gasteiger charge is -2.10. The Kier molecular flexibility index (Phi) is 13.0. The van der Waals surface area contributed by atoms with Gasteiger partial charge in [-0.2, -0.15) is 0 Å². The topological polar surface area (TPSA) is 17.1 Å². The summed E-state index contributed by atoms with van der Waals surface area (Å²) in [6, 6.07) is 26.7. The van der Waals surface area contributed by atoms with Gasteiger partial charge in [-0.05, 0) is 91.3 Å². The smallest absolute Gasteiger partial charge is 0.166 e. The highest BCUT2D eigenvalue weighted by Gasteiger charge is 2.29. The fraction of sp³-hybridized carbons (Fsp3) is 0.306. The van der Waals surface area contributed by atoms with Crippen LogP contribution < -0.4 is 0 Å². The van der Waals surface area contributed by atoms with E-state index in [4.69, 9.17) is 11.6 Å². The van der Waals surface area contributed by atoms with Crippen molar-refractivity contribution in [3.05, 3.63) is 113 Å². The van der Waals surface area contributed by atoms with Crippen LogP contribution in [0.15, 0.2) is 115 Å². The van der Waals surface area contributed by atoms with Crippen LogP contribution >= 0.6 is 23.4 Å². The second-order valence-corrected chi connectivity index (χ2v) is 14.0. The fourth-order valence-corrected chi connectivity index (χ4v) is 7.97. The van der Waals surface area contributed by atoms with E-state index in [0.717, 1.165) is 37.3 Å². The Morgan fingerprint density at radius 1 is 0.667 bits per heavy atom. The summed E-state index contributed by atoms with van der Waals surface area (Å²) in [5.74, 6) is -0.433. The Bertz CT molecular complexity index is 1360. The number of carbonyl (C=O) groups is 1. The maximum Gasteiger partial charge on any atom is 0.166 e. The van der Waals surface area contributed by atoms with Gasteiger partial charge in [0.2, 0.25) is 0 Å². The van der Waals surface area contributed by atoms with Crippen molar-refractivity contribution in [2.75, 3.05) is 0 Å². The van der Waals surface area contributed by atoms with Crippen molar-refractivity contribution in [3.63, 3.8) is 0 Å². The first kappa shape index (κ1) is 32.3. The molecule has 0 bridgehead atoms. The summed E-state index contributed by atoms with van der Waals surface area (Å²) in [7, 11) is -0.512. The Morgan fingerprint density at radius 3 is 1.64 bits per heavy atom. The minimum Gasteiger partial charge on any atom is -0.294 e. The maximum atomic E-state index is 13.6. The van der Waals surface area contributed by atoms with Crippen molar-refractivity contribution in [1.82, 2.24) is 0 Å². The zero-order valence-electron chi connectivity index (χ0n) is 24.1. The molecule has 4 rings (SSSR count). The molecule has 0 atom stereocenters. The van der Waals surface area contributed by atoms with Crippen molar-refractivity contribution in [1.29, 1.82) is 0 Å². The first-order chi connectivity index (χ1) is 20.4. The normalized spacial score (nSPS) is 11.3. The lowest BCUT2D eigenvalue weighted by Crippen LogP contribution is -2.05. The van der Waals surface area contributed by atoms with Crippen LogP contribution in [-0.4, -0.2) is 5.78 Å².